The quantitative estimate of drug-likeness (QED) is 0.495. The summed E-state index contributed by atoms with van der Waals surface area (Å²) < 4.78 is 5.80. The lowest BCUT2D eigenvalue weighted by atomic mass is 9.99. The molecule has 0 fully saturated rings. The van der Waals surface area contributed by atoms with Crippen molar-refractivity contribution in [2.24, 2.45) is 0 Å². The molecule has 4 heteroatoms. The Labute approximate surface area is 124 Å². The highest BCUT2D eigenvalue weighted by atomic mass is 17.0. The highest BCUT2D eigenvalue weighted by Gasteiger charge is 2.23. The van der Waals surface area contributed by atoms with Crippen LogP contribution in [0.2, 0.25) is 0 Å². The van der Waals surface area contributed by atoms with Crippen molar-refractivity contribution in [1.29, 1.82) is 0 Å². The number of carbonyl (C=O) groups excluding carboxylic acids is 1. The molecule has 0 aliphatic heterocycles. The van der Waals surface area contributed by atoms with E-state index in [1.165, 1.54) is 0 Å². The number of Topliss-reactive ketones (excluding diaryl/α,β-unsaturated/α-hetero) is 1. The molecule has 0 heterocycles. The Kier molecular flexibility index (Phi) is 7.32. The summed E-state index contributed by atoms with van der Waals surface area (Å²) in [7, 11) is 0. The molecule has 0 saturated heterocycles. The van der Waals surface area contributed by atoms with Gasteiger partial charge in [-0.05, 0) is 19.4 Å². The van der Waals surface area contributed by atoms with Crippen LogP contribution in [0.3, 0.4) is 0 Å². The zero-order chi connectivity index (χ0) is 15.7. The van der Waals surface area contributed by atoms with E-state index in [0.29, 0.717) is 5.56 Å². The van der Waals surface area contributed by atoms with Gasteiger partial charge in [0.05, 0.1) is 6.10 Å². The molecule has 2 rings (SSSR count). The summed E-state index contributed by atoms with van der Waals surface area (Å²) >= 11 is 0. The number of hydrogen-bond donors (Lipinski definition) is 2. The van der Waals surface area contributed by atoms with Gasteiger partial charge in [-0.2, -0.15) is 0 Å². The van der Waals surface area contributed by atoms with Crippen molar-refractivity contribution in [3.8, 4) is 0 Å². The number of ether oxygens (including phenoxy) is 1. The lowest BCUT2D eigenvalue weighted by molar-refractivity contribution is -0.176. The van der Waals surface area contributed by atoms with E-state index in [4.69, 9.17) is 15.3 Å². The third-order valence-corrected chi connectivity index (χ3v) is 2.81. The monoisotopic (exact) mass is 288 g/mol. The summed E-state index contributed by atoms with van der Waals surface area (Å²) in [6.07, 6.45) is -0.540. The van der Waals surface area contributed by atoms with Crippen LogP contribution in [0.4, 0.5) is 0 Å². The predicted octanol–water partition coefficient (Wildman–Crippen LogP) is 4.05. The SMILES string of the molecule is CC(C)OC(C(=O)c1ccccc1)c1ccccc1.OO. The van der Waals surface area contributed by atoms with Gasteiger partial charge in [0.1, 0.15) is 6.10 Å². The molecule has 0 aliphatic carbocycles. The first-order valence-electron chi connectivity index (χ1n) is 6.68. The first kappa shape index (κ1) is 17.0. The molecular formula is C17H20O4. The lowest BCUT2D eigenvalue weighted by Crippen LogP contribution is -2.19. The summed E-state index contributed by atoms with van der Waals surface area (Å²) in [4.78, 5) is 12.6. The molecule has 0 aliphatic rings. The Morgan fingerprint density at radius 1 is 0.905 bits per heavy atom. The molecule has 2 N–H and O–H groups in total. The van der Waals surface area contributed by atoms with Crippen LogP contribution in [0.25, 0.3) is 0 Å². The van der Waals surface area contributed by atoms with Crippen molar-refractivity contribution in [2.75, 3.05) is 0 Å². The molecule has 0 spiro atoms. The first-order valence-corrected chi connectivity index (χ1v) is 6.68. The van der Waals surface area contributed by atoms with E-state index < -0.39 is 6.10 Å². The third kappa shape index (κ3) is 5.11. The molecular weight excluding hydrogens is 268 g/mol. The van der Waals surface area contributed by atoms with Crippen LogP contribution in [0.1, 0.15) is 35.9 Å². The molecule has 0 aromatic heterocycles. The Morgan fingerprint density at radius 3 is 1.86 bits per heavy atom. The van der Waals surface area contributed by atoms with Gasteiger partial charge in [0.25, 0.3) is 0 Å². The van der Waals surface area contributed by atoms with Crippen LogP contribution in [-0.4, -0.2) is 22.4 Å². The van der Waals surface area contributed by atoms with Crippen LogP contribution < -0.4 is 0 Å². The maximum atomic E-state index is 12.6. The largest absolute Gasteiger partial charge is 0.363 e. The van der Waals surface area contributed by atoms with Crippen LogP contribution in [0, 0.1) is 0 Å². The lowest BCUT2D eigenvalue weighted by Gasteiger charge is -2.19. The fourth-order valence-electron chi connectivity index (χ4n) is 1.95. The van der Waals surface area contributed by atoms with E-state index in [1.807, 2.05) is 74.5 Å². The number of hydrogen-bond acceptors (Lipinski definition) is 4. The maximum Gasteiger partial charge on any atom is 0.196 e. The molecule has 0 saturated carbocycles. The molecule has 1 atom stereocenters. The maximum absolute atomic E-state index is 12.6. The zero-order valence-corrected chi connectivity index (χ0v) is 12.1. The molecule has 112 valence electrons. The topological polar surface area (TPSA) is 66.8 Å². The van der Waals surface area contributed by atoms with Gasteiger partial charge in [-0.15, -0.1) is 0 Å². The van der Waals surface area contributed by atoms with E-state index in [-0.39, 0.29) is 11.9 Å². The van der Waals surface area contributed by atoms with Crippen LogP contribution >= 0.6 is 0 Å². The van der Waals surface area contributed by atoms with Gasteiger partial charge in [-0.1, -0.05) is 60.7 Å². The Hall–Kier alpha value is -2.01. The Bertz CT molecular complexity index is 523. The van der Waals surface area contributed by atoms with E-state index in [9.17, 15) is 4.79 Å². The predicted molar refractivity (Wildman–Crippen MR) is 81.4 cm³/mol. The van der Waals surface area contributed by atoms with Crippen molar-refractivity contribution in [1.82, 2.24) is 0 Å². The Morgan fingerprint density at radius 2 is 1.38 bits per heavy atom. The fraction of sp³-hybridized carbons (Fsp3) is 0.235. The summed E-state index contributed by atoms with van der Waals surface area (Å²) in [5.41, 5.74) is 1.57. The van der Waals surface area contributed by atoms with Crippen molar-refractivity contribution in [3.63, 3.8) is 0 Å². The Balaban J connectivity index is 0.00000106. The minimum Gasteiger partial charge on any atom is -0.363 e. The molecule has 1 unspecified atom stereocenters. The highest BCUT2D eigenvalue weighted by molar-refractivity contribution is 6.00. The average molecular weight is 288 g/mol. The second kappa shape index (κ2) is 9.02. The fourth-order valence-corrected chi connectivity index (χ4v) is 1.95. The first-order chi connectivity index (χ1) is 10.2. The molecule has 21 heavy (non-hydrogen) atoms. The van der Waals surface area contributed by atoms with Gasteiger partial charge in [0.2, 0.25) is 0 Å². The third-order valence-electron chi connectivity index (χ3n) is 2.81. The van der Waals surface area contributed by atoms with Gasteiger partial charge in [0.15, 0.2) is 5.78 Å². The van der Waals surface area contributed by atoms with E-state index in [0.717, 1.165) is 5.56 Å². The second-order valence-electron chi connectivity index (χ2n) is 4.71. The van der Waals surface area contributed by atoms with Gasteiger partial charge in [0, 0.05) is 5.56 Å². The summed E-state index contributed by atoms with van der Waals surface area (Å²) in [5.74, 6) is 0.000463. The summed E-state index contributed by atoms with van der Waals surface area (Å²) in [6.45, 7) is 3.88. The summed E-state index contributed by atoms with van der Waals surface area (Å²) in [6, 6.07) is 18.9. The zero-order valence-electron chi connectivity index (χ0n) is 12.1. The van der Waals surface area contributed by atoms with Crippen LogP contribution in [0.5, 0.6) is 0 Å². The smallest absolute Gasteiger partial charge is 0.196 e. The van der Waals surface area contributed by atoms with Gasteiger partial charge < -0.3 is 4.74 Å². The molecule has 0 bridgehead atoms. The molecule has 0 amide bonds. The second-order valence-corrected chi connectivity index (χ2v) is 4.71. The minimum atomic E-state index is -0.538. The number of rotatable bonds is 5. The van der Waals surface area contributed by atoms with E-state index in [1.54, 1.807) is 0 Å². The normalized spacial score (nSPS) is 11.5. The van der Waals surface area contributed by atoms with Crippen LogP contribution in [0.15, 0.2) is 60.7 Å². The number of benzene rings is 2. The van der Waals surface area contributed by atoms with Gasteiger partial charge >= 0.3 is 0 Å². The van der Waals surface area contributed by atoms with Crippen LogP contribution in [-0.2, 0) is 4.74 Å². The number of ketones is 1. The molecule has 2 aromatic rings. The van der Waals surface area contributed by atoms with E-state index >= 15 is 0 Å². The van der Waals surface area contributed by atoms with Gasteiger partial charge in [-0.3, -0.25) is 15.3 Å². The van der Waals surface area contributed by atoms with Crippen molar-refractivity contribution in [2.45, 2.75) is 26.1 Å². The van der Waals surface area contributed by atoms with E-state index in [2.05, 4.69) is 0 Å². The molecule has 4 nitrogen and oxygen atoms in total. The molecule has 0 radical (unpaired) electrons. The molecule has 2 aromatic carbocycles. The number of carbonyl (C=O) groups is 1. The standard InChI is InChI=1S/C17H18O2.H2O2/c1-13(2)19-17(15-11-7-4-8-12-15)16(18)14-9-5-3-6-10-14;1-2/h3-13,17H,1-2H3;1-2H. The van der Waals surface area contributed by atoms with Gasteiger partial charge in [-0.25, -0.2) is 0 Å². The summed E-state index contributed by atoms with van der Waals surface area (Å²) in [5, 5.41) is 12.0. The highest BCUT2D eigenvalue weighted by Crippen LogP contribution is 2.23. The van der Waals surface area contributed by atoms with Crippen molar-refractivity contribution in [3.05, 3.63) is 71.8 Å². The minimum absolute atomic E-state index is 0.000463. The average Bonchev–Trinajstić information content (AvgIpc) is 2.55. The van der Waals surface area contributed by atoms with Crippen molar-refractivity contribution >= 4 is 5.78 Å². The van der Waals surface area contributed by atoms with Crippen molar-refractivity contribution < 1.29 is 20.0 Å².